The zero-order valence-corrected chi connectivity index (χ0v) is 20.0. The number of aromatic carboxylic acids is 1. The first kappa shape index (κ1) is 23.7. The molecule has 1 N–H and O–H groups in total. The summed E-state index contributed by atoms with van der Waals surface area (Å²) in [6.45, 7) is 1.76. The molecule has 0 saturated heterocycles. The van der Waals surface area contributed by atoms with Gasteiger partial charge in [0.05, 0.1) is 17.7 Å². The van der Waals surface area contributed by atoms with E-state index >= 15 is 0 Å². The van der Waals surface area contributed by atoms with E-state index in [1.54, 1.807) is 62.7 Å². The molecule has 0 fully saturated rings. The number of aryl methyl sites for hydroxylation is 1. The molecular weight excluding hydrogens is 473 g/mol. The first-order valence-electron chi connectivity index (χ1n) is 10.5. The normalized spacial score (nSPS) is 16.6. The lowest BCUT2D eigenvalue weighted by Gasteiger charge is -2.25. The molecule has 3 aromatic rings. The lowest BCUT2D eigenvalue weighted by molar-refractivity contribution is 0.0696. The lowest BCUT2D eigenvalue weighted by atomic mass is 9.83. The number of benzene rings is 3. The van der Waals surface area contributed by atoms with Crippen LogP contribution in [0.3, 0.4) is 0 Å². The van der Waals surface area contributed by atoms with Crippen LogP contribution >= 0.6 is 23.2 Å². The zero-order chi connectivity index (χ0) is 24.5. The van der Waals surface area contributed by atoms with Crippen molar-refractivity contribution in [2.45, 2.75) is 18.9 Å². The van der Waals surface area contributed by atoms with Gasteiger partial charge in [-0.05, 0) is 77.7 Å². The van der Waals surface area contributed by atoms with E-state index in [0.29, 0.717) is 21.9 Å². The van der Waals surface area contributed by atoms with Crippen molar-refractivity contribution in [1.82, 2.24) is 0 Å². The van der Waals surface area contributed by atoms with Crippen molar-refractivity contribution in [3.8, 4) is 16.9 Å². The van der Waals surface area contributed by atoms with Crippen LogP contribution in [0.1, 0.15) is 31.8 Å². The lowest BCUT2D eigenvalue weighted by Crippen LogP contribution is -2.36. The second-order valence-electron chi connectivity index (χ2n) is 8.05. The molecule has 1 heterocycles. The van der Waals surface area contributed by atoms with Crippen molar-refractivity contribution in [1.29, 1.82) is 0 Å². The number of carboxylic acids is 1. The summed E-state index contributed by atoms with van der Waals surface area (Å²) >= 11 is 12.3. The van der Waals surface area contributed by atoms with Crippen LogP contribution in [0.4, 0.5) is 0 Å². The fourth-order valence-corrected chi connectivity index (χ4v) is 4.56. The van der Waals surface area contributed by atoms with Gasteiger partial charge in [-0.15, -0.1) is 0 Å². The fourth-order valence-electron chi connectivity index (χ4n) is 4.07. The number of aliphatic imine (C=N–C) groups is 1. The van der Waals surface area contributed by atoms with Gasteiger partial charge in [0.2, 0.25) is 0 Å². The van der Waals surface area contributed by atoms with E-state index in [4.69, 9.17) is 27.9 Å². The summed E-state index contributed by atoms with van der Waals surface area (Å²) < 4.78 is 5.57. The smallest absolute Gasteiger partial charge is 0.335 e. The molecule has 172 valence electrons. The molecule has 0 saturated carbocycles. The van der Waals surface area contributed by atoms with Crippen LogP contribution in [0.5, 0.6) is 5.75 Å². The topological polar surface area (TPSA) is 76.0 Å². The molecule has 5 nitrogen and oxygen atoms in total. The van der Waals surface area contributed by atoms with Crippen LogP contribution in [0.15, 0.2) is 71.7 Å². The maximum absolute atomic E-state index is 13.6. The molecule has 34 heavy (non-hydrogen) atoms. The summed E-state index contributed by atoms with van der Waals surface area (Å²) in [5, 5.41) is 10.2. The van der Waals surface area contributed by atoms with Gasteiger partial charge in [-0.2, -0.15) is 0 Å². The predicted octanol–water partition coefficient (Wildman–Crippen LogP) is 6.48. The third-order valence-corrected chi connectivity index (χ3v) is 6.42. The number of ketones is 1. The molecule has 0 amide bonds. The average Bonchev–Trinajstić information content (AvgIpc) is 3.28. The Morgan fingerprint density at radius 3 is 2.38 bits per heavy atom. The highest BCUT2D eigenvalue weighted by Gasteiger charge is 2.39. The van der Waals surface area contributed by atoms with Crippen molar-refractivity contribution in [2.75, 3.05) is 7.11 Å². The van der Waals surface area contributed by atoms with Crippen LogP contribution in [-0.4, -0.2) is 35.7 Å². The molecule has 0 radical (unpaired) electrons. The number of halogens is 2. The highest BCUT2D eigenvalue weighted by atomic mass is 35.5. The van der Waals surface area contributed by atoms with Gasteiger partial charge < -0.3 is 9.84 Å². The molecule has 0 bridgehead atoms. The molecule has 4 rings (SSSR count). The minimum atomic E-state index is -1.19. The Kier molecular flexibility index (Phi) is 6.60. The largest absolute Gasteiger partial charge is 0.496 e. The van der Waals surface area contributed by atoms with Crippen LogP contribution in [-0.2, 0) is 6.42 Å². The number of nitrogens with zero attached hydrogens (tertiary/aromatic N) is 1. The van der Waals surface area contributed by atoms with Crippen molar-refractivity contribution < 1.29 is 19.4 Å². The van der Waals surface area contributed by atoms with E-state index in [1.165, 1.54) is 6.07 Å². The van der Waals surface area contributed by atoms with Gasteiger partial charge in [-0.1, -0.05) is 41.4 Å². The van der Waals surface area contributed by atoms with E-state index in [-0.39, 0.29) is 22.8 Å². The number of rotatable bonds is 7. The molecule has 3 aromatic carbocycles. The number of ether oxygens (including phenoxy) is 1. The Labute approximate surface area is 207 Å². The summed E-state index contributed by atoms with van der Waals surface area (Å²) in [4.78, 5) is 29.7. The molecular formula is C27H21Cl2NO4. The van der Waals surface area contributed by atoms with Crippen LogP contribution in [0.25, 0.3) is 11.1 Å². The van der Waals surface area contributed by atoms with Crippen LogP contribution < -0.4 is 4.74 Å². The average molecular weight is 494 g/mol. The highest BCUT2D eigenvalue weighted by Crippen LogP contribution is 2.36. The first-order valence-corrected chi connectivity index (χ1v) is 11.2. The monoisotopic (exact) mass is 493 g/mol. The van der Waals surface area contributed by atoms with E-state index < -0.39 is 11.5 Å². The van der Waals surface area contributed by atoms with Crippen molar-refractivity contribution in [2.24, 2.45) is 4.99 Å². The number of carbonyl (C=O) groups excluding carboxylic acids is 1. The van der Waals surface area contributed by atoms with Gasteiger partial charge in [0.15, 0.2) is 5.78 Å². The molecule has 1 aliphatic heterocycles. The Bertz CT molecular complexity index is 1350. The zero-order valence-electron chi connectivity index (χ0n) is 18.5. The molecule has 1 aliphatic rings. The van der Waals surface area contributed by atoms with Gasteiger partial charge in [0.25, 0.3) is 0 Å². The second-order valence-corrected chi connectivity index (χ2v) is 8.90. The molecule has 0 aromatic heterocycles. The summed E-state index contributed by atoms with van der Waals surface area (Å²) in [6.07, 6.45) is 5.31. The van der Waals surface area contributed by atoms with Gasteiger partial charge in [-0.25, -0.2) is 4.79 Å². The van der Waals surface area contributed by atoms with Crippen molar-refractivity contribution >= 4 is 41.2 Å². The molecule has 0 spiro atoms. The molecule has 1 unspecified atom stereocenters. The van der Waals surface area contributed by atoms with Gasteiger partial charge in [-0.3, -0.25) is 9.79 Å². The quantitative estimate of drug-likeness (QED) is 0.382. The van der Waals surface area contributed by atoms with Crippen molar-refractivity contribution in [3.63, 3.8) is 0 Å². The number of Topliss-reactive ketones (excluding diaryl/α,β-unsaturated/α-hetero) is 1. The number of carbonyl (C=O) groups is 2. The van der Waals surface area contributed by atoms with Crippen LogP contribution in [0, 0.1) is 6.92 Å². The van der Waals surface area contributed by atoms with E-state index in [2.05, 4.69) is 4.99 Å². The fraction of sp³-hybridized carbons (Fsp3) is 0.148. The Hall–Kier alpha value is -3.41. The van der Waals surface area contributed by atoms with Crippen molar-refractivity contribution in [3.05, 3.63) is 99.0 Å². The number of allylic oxidation sites excluding steroid dienone is 1. The summed E-state index contributed by atoms with van der Waals surface area (Å²) in [5.74, 6) is -0.641. The highest BCUT2D eigenvalue weighted by molar-refractivity contribution is 6.37. The first-order chi connectivity index (χ1) is 16.2. The van der Waals surface area contributed by atoms with E-state index in [9.17, 15) is 14.7 Å². The van der Waals surface area contributed by atoms with E-state index in [0.717, 1.165) is 16.7 Å². The third-order valence-electron chi connectivity index (χ3n) is 5.87. The van der Waals surface area contributed by atoms with Gasteiger partial charge in [0, 0.05) is 23.2 Å². The Morgan fingerprint density at radius 2 is 1.74 bits per heavy atom. The summed E-state index contributed by atoms with van der Waals surface area (Å²) in [7, 11) is 1.56. The standard InChI is InChI=1S/C27H21Cl2NO4/c1-16-4-5-18(13-22(16)26(32)33)17-6-9-24(34-2)19(12-17)15-27(10-3-11-30-27)25(31)21-8-7-20(28)14-23(21)29/h3-14H,15H2,1-2H3,(H,32,33). The Balaban J connectivity index is 1.77. The van der Waals surface area contributed by atoms with Gasteiger partial charge >= 0.3 is 5.97 Å². The maximum atomic E-state index is 13.6. The second kappa shape index (κ2) is 9.45. The number of carboxylic acid groups (broad SMARTS) is 1. The molecule has 7 heteroatoms. The minimum absolute atomic E-state index is 0.229. The SMILES string of the molecule is COc1ccc(-c2ccc(C)c(C(=O)O)c2)cc1CC1(C(=O)c2ccc(Cl)cc2Cl)C=CC=N1. The van der Waals surface area contributed by atoms with Gasteiger partial charge in [0.1, 0.15) is 11.3 Å². The Morgan fingerprint density at radius 1 is 1.00 bits per heavy atom. The number of hydrogen-bond donors (Lipinski definition) is 1. The predicted molar refractivity (Wildman–Crippen MR) is 135 cm³/mol. The summed E-state index contributed by atoms with van der Waals surface area (Å²) in [5.41, 5.74) is 2.36. The maximum Gasteiger partial charge on any atom is 0.335 e. The van der Waals surface area contributed by atoms with E-state index in [1.807, 2.05) is 18.2 Å². The molecule has 0 aliphatic carbocycles. The minimum Gasteiger partial charge on any atom is -0.496 e. The summed E-state index contributed by atoms with van der Waals surface area (Å²) in [6, 6.07) is 15.6. The molecule has 1 atom stereocenters. The third kappa shape index (κ3) is 4.49. The number of hydrogen-bond acceptors (Lipinski definition) is 4. The van der Waals surface area contributed by atoms with Crippen LogP contribution in [0.2, 0.25) is 10.0 Å². The number of methoxy groups -OCH3 is 1.